The molecule has 1 atom stereocenters. The number of nitrogens with one attached hydrogen (secondary N) is 1. The number of rotatable bonds is 3. The first-order chi connectivity index (χ1) is 10.6. The van der Waals surface area contributed by atoms with Crippen molar-refractivity contribution < 1.29 is 19.2 Å². The number of hydrogen-bond acceptors (Lipinski definition) is 4. The number of benzene rings is 1. The second-order valence-corrected chi connectivity index (χ2v) is 5.89. The summed E-state index contributed by atoms with van der Waals surface area (Å²) in [4.78, 5) is 28.6. The Morgan fingerprint density at radius 2 is 1.77 bits per heavy atom. The molecule has 0 spiro atoms. The van der Waals surface area contributed by atoms with E-state index in [9.17, 15) is 9.59 Å². The Hall–Kier alpha value is -2.08. The van der Waals surface area contributed by atoms with E-state index < -0.39 is 0 Å². The zero-order chi connectivity index (χ0) is 15.7. The van der Waals surface area contributed by atoms with E-state index >= 15 is 0 Å². The topological polar surface area (TPSA) is 54.3 Å². The standard InChI is InChI=1S/C16H21N3O3/c1-17-15(20)11-14(16(17)21)19-9-7-18(8-10-19)12-3-5-13(22-2)6-4-12/h3-6,14H,7-11H2,1-2H3/p+1/t14-/m0/s1. The molecule has 3 rings (SSSR count). The summed E-state index contributed by atoms with van der Waals surface area (Å²) < 4.78 is 5.18. The number of imide groups is 1. The molecule has 22 heavy (non-hydrogen) atoms. The molecule has 0 bridgehead atoms. The first kappa shape index (κ1) is 14.8. The molecular formula is C16H22N3O3+. The van der Waals surface area contributed by atoms with Crippen LogP contribution in [0.25, 0.3) is 0 Å². The number of anilines is 1. The van der Waals surface area contributed by atoms with Crippen LogP contribution in [0.15, 0.2) is 24.3 Å². The first-order valence-electron chi connectivity index (χ1n) is 7.64. The quantitative estimate of drug-likeness (QED) is 0.740. The van der Waals surface area contributed by atoms with Gasteiger partial charge in [0.2, 0.25) is 5.91 Å². The first-order valence-corrected chi connectivity index (χ1v) is 7.64. The van der Waals surface area contributed by atoms with Gasteiger partial charge in [-0.05, 0) is 24.3 Å². The van der Waals surface area contributed by atoms with Crippen molar-refractivity contribution >= 4 is 17.5 Å². The smallest absolute Gasteiger partial charge is 0.287 e. The summed E-state index contributed by atoms with van der Waals surface area (Å²) in [6.07, 6.45) is 0.354. The fraction of sp³-hybridized carbons (Fsp3) is 0.500. The number of nitrogens with zero attached hydrogens (tertiary/aromatic N) is 2. The summed E-state index contributed by atoms with van der Waals surface area (Å²) in [5.41, 5.74) is 1.17. The van der Waals surface area contributed by atoms with Crippen molar-refractivity contribution in [2.45, 2.75) is 12.5 Å². The molecule has 2 fully saturated rings. The third-order valence-corrected chi connectivity index (χ3v) is 4.72. The second kappa shape index (κ2) is 5.96. The lowest BCUT2D eigenvalue weighted by Crippen LogP contribution is -3.19. The molecule has 2 saturated heterocycles. The minimum atomic E-state index is -0.185. The lowest BCUT2D eigenvalue weighted by atomic mass is 10.1. The van der Waals surface area contributed by atoms with Crippen LogP contribution in [0.4, 0.5) is 5.69 Å². The van der Waals surface area contributed by atoms with Gasteiger partial charge >= 0.3 is 0 Å². The number of likely N-dealkylation sites (N-methyl/N-ethyl adjacent to an activating group) is 1. The van der Waals surface area contributed by atoms with Crippen molar-refractivity contribution in [2.75, 3.05) is 45.2 Å². The Morgan fingerprint density at radius 3 is 2.27 bits per heavy atom. The molecule has 0 aromatic heterocycles. The van der Waals surface area contributed by atoms with Crippen LogP contribution in [0.5, 0.6) is 5.75 Å². The maximum atomic E-state index is 12.1. The van der Waals surface area contributed by atoms with Gasteiger partial charge in [-0.25, -0.2) is 0 Å². The molecule has 6 heteroatoms. The van der Waals surface area contributed by atoms with Crippen molar-refractivity contribution in [1.82, 2.24) is 4.90 Å². The van der Waals surface area contributed by atoms with Gasteiger partial charge in [0.25, 0.3) is 5.91 Å². The highest BCUT2D eigenvalue weighted by Gasteiger charge is 2.43. The fourth-order valence-electron chi connectivity index (χ4n) is 3.27. The van der Waals surface area contributed by atoms with Gasteiger partial charge in [-0.2, -0.15) is 0 Å². The molecule has 1 aromatic carbocycles. The van der Waals surface area contributed by atoms with Gasteiger partial charge < -0.3 is 14.5 Å². The lowest BCUT2D eigenvalue weighted by molar-refractivity contribution is -0.915. The zero-order valence-electron chi connectivity index (χ0n) is 13.0. The molecule has 6 nitrogen and oxygen atoms in total. The van der Waals surface area contributed by atoms with Crippen LogP contribution in [-0.4, -0.2) is 63.1 Å². The molecular weight excluding hydrogens is 282 g/mol. The molecule has 1 aromatic rings. The molecule has 1 N–H and O–H groups in total. The maximum Gasteiger partial charge on any atom is 0.287 e. The van der Waals surface area contributed by atoms with Crippen LogP contribution in [0.1, 0.15) is 6.42 Å². The molecule has 0 radical (unpaired) electrons. The number of ether oxygens (including phenoxy) is 1. The summed E-state index contributed by atoms with van der Waals surface area (Å²) in [5, 5.41) is 0. The summed E-state index contributed by atoms with van der Waals surface area (Å²) in [7, 11) is 3.24. The van der Waals surface area contributed by atoms with Crippen molar-refractivity contribution in [1.29, 1.82) is 0 Å². The van der Waals surface area contributed by atoms with Gasteiger partial charge in [0, 0.05) is 12.7 Å². The average Bonchev–Trinajstić information content (AvgIpc) is 2.83. The number of carbonyl (C=O) groups is 2. The summed E-state index contributed by atoms with van der Waals surface area (Å²) >= 11 is 0. The average molecular weight is 304 g/mol. The van der Waals surface area contributed by atoms with Crippen LogP contribution in [0.3, 0.4) is 0 Å². The van der Waals surface area contributed by atoms with E-state index in [0.717, 1.165) is 31.9 Å². The third-order valence-electron chi connectivity index (χ3n) is 4.72. The largest absolute Gasteiger partial charge is 0.497 e. The van der Waals surface area contributed by atoms with E-state index in [4.69, 9.17) is 4.74 Å². The van der Waals surface area contributed by atoms with Crippen LogP contribution in [0, 0.1) is 0 Å². The van der Waals surface area contributed by atoms with E-state index in [0.29, 0.717) is 6.42 Å². The molecule has 0 saturated carbocycles. The molecule has 0 aliphatic carbocycles. The monoisotopic (exact) mass is 304 g/mol. The van der Waals surface area contributed by atoms with Crippen molar-refractivity contribution in [3.8, 4) is 5.75 Å². The molecule has 2 aliphatic heterocycles. The van der Waals surface area contributed by atoms with Gasteiger partial charge in [-0.15, -0.1) is 0 Å². The highest BCUT2D eigenvalue weighted by Crippen LogP contribution is 2.19. The number of methoxy groups -OCH3 is 1. The van der Waals surface area contributed by atoms with Crippen LogP contribution in [0.2, 0.25) is 0 Å². The fourth-order valence-corrected chi connectivity index (χ4v) is 3.27. The third kappa shape index (κ3) is 2.66. The van der Waals surface area contributed by atoms with Crippen molar-refractivity contribution in [2.24, 2.45) is 0 Å². The van der Waals surface area contributed by atoms with E-state index in [1.54, 1.807) is 14.2 Å². The highest BCUT2D eigenvalue weighted by atomic mass is 16.5. The Bertz CT molecular complexity index is 565. The SMILES string of the molecule is COc1ccc(N2CC[NH+]([C@H]3CC(=O)N(C)C3=O)CC2)cc1. The van der Waals surface area contributed by atoms with Gasteiger partial charge in [0.15, 0.2) is 6.04 Å². The number of likely N-dealkylation sites (tertiary alicyclic amines) is 1. The Balaban J connectivity index is 1.60. The number of piperazine rings is 1. The highest BCUT2D eigenvalue weighted by molar-refractivity contribution is 6.04. The van der Waals surface area contributed by atoms with Crippen LogP contribution in [-0.2, 0) is 9.59 Å². The number of carbonyl (C=O) groups excluding carboxylic acids is 2. The number of amides is 2. The molecule has 2 aliphatic rings. The predicted octanol–water partition coefficient (Wildman–Crippen LogP) is -0.843. The van der Waals surface area contributed by atoms with Crippen molar-refractivity contribution in [3.05, 3.63) is 24.3 Å². The lowest BCUT2D eigenvalue weighted by Gasteiger charge is -2.35. The summed E-state index contributed by atoms with van der Waals surface area (Å²) in [6.45, 7) is 3.54. The second-order valence-electron chi connectivity index (χ2n) is 5.89. The Kier molecular flexibility index (Phi) is 4.02. The van der Waals surface area contributed by atoms with Crippen molar-refractivity contribution in [3.63, 3.8) is 0 Å². The predicted molar refractivity (Wildman–Crippen MR) is 82.1 cm³/mol. The van der Waals surface area contributed by atoms with Gasteiger partial charge in [0.1, 0.15) is 5.75 Å². The summed E-state index contributed by atoms with van der Waals surface area (Å²) in [5.74, 6) is 0.768. The van der Waals surface area contributed by atoms with Gasteiger partial charge in [-0.3, -0.25) is 14.5 Å². The van der Waals surface area contributed by atoms with Gasteiger partial charge in [0.05, 0.1) is 39.7 Å². The normalized spacial score (nSPS) is 23.3. The van der Waals surface area contributed by atoms with E-state index in [2.05, 4.69) is 17.0 Å². The zero-order valence-corrected chi connectivity index (χ0v) is 13.0. The molecule has 2 heterocycles. The van der Waals surface area contributed by atoms with E-state index in [1.165, 1.54) is 15.5 Å². The molecule has 2 amide bonds. The van der Waals surface area contributed by atoms with Crippen LogP contribution < -0.4 is 14.5 Å². The summed E-state index contributed by atoms with van der Waals surface area (Å²) in [6, 6.07) is 7.85. The molecule has 118 valence electrons. The Morgan fingerprint density at radius 1 is 1.14 bits per heavy atom. The number of hydrogen-bond donors (Lipinski definition) is 1. The maximum absolute atomic E-state index is 12.1. The van der Waals surface area contributed by atoms with Gasteiger partial charge in [-0.1, -0.05) is 0 Å². The Labute approximate surface area is 130 Å². The minimum absolute atomic E-state index is 0.0297. The minimum Gasteiger partial charge on any atom is -0.497 e. The van der Waals surface area contributed by atoms with Crippen LogP contribution >= 0.6 is 0 Å². The van der Waals surface area contributed by atoms with E-state index in [1.807, 2.05) is 12.1 Å². The van der Waals surface area contributed by atoms with E-state index in [-0.39, 0.29) is 17.9 Å². The number of quaternary nitrogens is 1. The molecule has 0 unspecified atom stereocenters.